The van der Waals surface area contributed by atoms with Crippen LogP contribution in [0.5, 0.6) is 17.2 Å². The highest BCUT2D eigenvalue weighted by molar-refractivity contribution is 6.07. The second-order valence-electron chi connectivity index (χ2n) is 8.96. The minimum atomic E-state index is -0.254. The lowest BCUT2D eigenvalue weighted by molar-refractivity contribution is -0.121. The molecule has 0 saturated carbocycles. The molecule has 0 bridgehead atoms. The van der Waals surface area contributed by atoms with Crippen LogP contribution < -0.4 is 24.8 Å². The summed E-state index contributed by atoms with van der Waals surface area (Å²) in [7, 11) is 1.58. The number of benzene rings is 3. The number of rotatable bonds is 7. The summed E-state index contributed by atoms with van der Waals surface area (Å²) in [5, 5.41) is 5.93. The molecule has 0 aromatic heterocycles. The number of amides is 2. The van der Waals surface area contributed by atoms with E-state index in [1.807, 2.05) is 24.3 Å². The topological polar surface area (TPSA) is 89.1 Å². The summed E-state index contributed by atoms with van der Waals surface area (Å²) in [6.45, 7) is 2.75. The number of nitrogens with zero attached hydrogens (tertiary/aromatic N) is 1. The molecule has 3 aromatic carbocycles. The van der Waals surface area contributed by atoms with Gasteiger partial charge in [0.2, 0.25) is 12.7 Å². The van der Waals surface area contributed by atoms with Gasteiger partial charge in [-0.3, -0.25) is 14.5 Å². The third kappa shape index (κ3) is 5.44. The first kappa shape index (κ1) is 23.7. The largest absolute Gasteiger partial charge is 0.497 e. The van der Waals surface area contributed by atoms with Crippen LogP contribution >= 0.6 is 0 Å². The van der Waals surface area contributed by atoms with Crippen molar-refractivity contribution in [3.63, 3.8) is 0 Å². The van der Waals surface area contributed by atoms with Gasteiger partial charge in [-0.1, -0.05) is 18.2 Å². The molecule has 0 aliphatic carbocycles. The maximum absolute atomic E-state index is 13.1. The number of carbonyl (C=O) groups excluding carboxylic acids is 2. The van der Waals surface area contributed by atoms with Crippen molar-refractivity contribution in [2.75, 3.05) is 37.6 Å². The highest BCUT2D eigenvalue weighted by Crippen LogP contribution is 2.33. The van der Waals surface area contributed by atoms with Crippen molar-refractivity contribution in [3.05, 3.63) is 77.9 Å². The fraction of sp³-hybridized carbons (Fsp3) is 0.286. The van der Waals surface area contributed by atoms with Crippen molar-refractivity contribution in [2.24, 2.45) is 5.92 Å². The average Bonchev–Trinajstić information content (AvgIpc) is 3.38. The Morgan fingerprint density at radius 1 is 0.917 bits per heavy atom. The van der Waals surface area contributed by atoms with Crippen LogP contribution in [0.2, 0.25) is 0 Å². The lowest BCUT2D eigenvalue weighted by atomic mass is 9.95. The van der Waals surface area contributed by atoms with Crippen LogP contribution in [0.1, 0.15) is 28.8 Å². The second-order valence-corrected chi connectivity index (χ2v) is 8.96. The van der Waals surface area contributed by atoms with E-state index in [4.69, 9.17) is 14.2 Å². The number of anilines is 2. The first-order valence-corrected chi connectivity index (χ1v) is 12.1. The fourth-order valence-electron chi connectivity index (χ4n) is 4.52. The fourth-order valence-corrected chi connectivity index (χ4v) is 4.52. The Morgan fingerprint density at radius 3 is 2.33 bits per heavy atom. The zero-order valence-corrected chi connectivity index (χ0v) is 20.2. The van der Waals surface area contributed by atoms with Crippen LogP contribution in [0.25, 0.3) is 0 Å². The first-order chi connectivity index (χ1) is 17.6. The Morgan fingerprint density at radius 2 is 1.61 bits per heavy atom. The van der Waals surface area contributed by atoms with Gasteiger partial charge in [-0.05, 0) is 80.0 Å². The van der Waals surface area contributed by atoms with E-state index in [2.05, 4.69) is 21.6 Å². The van der Waals surface area contributed by atoms with Crippen molar-refractivity contribution in [2.45, 2.75) is 19.4 Å². The normalized spacial score (nSPS) is 15.4. The summed E-state index contributed by atoms with van der Waals surface area (Å²) in [5.41, 5.74) is 2.83. The van der Waals surface area contributed by atoms with E-state index < -0.39 is 0 Å². The Hall–Kier alpha value is -4.04. The smallest absolute Gasteiger partial charge is 0.255 e. The van der Waals surface area contributed by atoms with E-state index in [1.54, 1.807) is 43.5 Å². The molecule has 5 rings (SSSR count). The number of methoxy groups -OCH3 is 1. The van der Waals surface area contributed by atoms with Gasteiger partial charge >= 0.3 is 0 Å². The molecule has 8 nitrogen and oxygen atoms in total. The molecule has 2 heterocycles. The average molecular weight is 488 g/mol. The molecular weight excluding hydrogens is 458 g/mol. The predicted molar refractivity (Wildman–Crippen MR) is 137 cm³/mol. The van der Waals surface area contributed by atoms with Gasteiger partial charge in [0.25, 0.3) is 5.91 Å². The number of likely N-dealkylation sites (tertiary alicyclic amines) is 1. The number of nitrogens with one attached hydrogen (secondary N) is 2. The predicted octanol–water partition coefficient (Wildman–Crippen LogP) is 4.53. The van der Waals surface area contributed by atoms with Crippen molar-refractivity contribution < 1.29 is 23.8 Å². The molecule has 0 atom stereocenters. The summed E-state index contributed by atoms with van der Waals surface area (Å²) in [5.74, 6) is 1.90. The van der Waals surface area contributed by atoms with E-state index in [1.165, 1.54) is 5.56 Å². The zero-order chi connectivity index (χ0) is 24.9. The number of hydrogen-bond acceptors (Lipinski definition) is 6. The Bertz CT molecular complexity index is 1240. The van der Waals surface area contributed by atoms with Gasteiger partial charge < -0.3 is 24.8 Å². The molecular formula is C28H29N3O5. The van der Waals surface area contributed by atoms with Gasteiger partial charge in [-0.2, -0.15) is 0 Å². The van der Waals surface area contributed by atoms with E-state index in [0.29, 0.717) is 22.7 Å². The van der Waals surface area contributed by atoms with Crippen LogP contribution in [-0.4, -0.2) is 43.7 Å². The van der Waals surface area contributed by atoms with Crippen LogP contribution in [-0.2, 0) is 11.3 Å². The molecule has 186 valence electrons. The number of para-hydroxylation sites is 2. The zero-order valence-electron chi connectivity index (χ0n) is 20.2. The lowest BCUT2D eigenvalue weighted by Crippen LogP contribution is -2.37. The highest BCUT2D eigenvalue weighted by atomic mass is 16.7. The molecule has 1 fully saturated rings. The molecule has 36 heavy (non-hydrogen) atoms. The summed E-state index contributed by atoms with van der Waals surface area (Å²) in [4.78, 5) is 28.1. The van der Waals surface area contributed by atoms with Gasteiger partial charge in [0.1, 0.15) is 5.75 Å². The minimum absolute atomic E-state index is 0.0242. The molecule has 8 heteroatoms. The van der Waals surface area contributed by atoms with Gasteiger partial charge in [0.15, 0.2) is 11.5 Å². The molecule has 2 aliphatic heterocycles. The van der Waals surface area contributed by atoms with Crippen LogP contribution in [0.15, 0.2) is 66.7 Å². The van der Waals surface area contributed by atoms with Crippen molar-refractivity contribution in [1.82, 2.24) is 4.90 Å². The molecule has 3 aromatic rings. The molecule has 2 aliphatic rings. The molecule has 0 spiro atoms. The van der Waals surface area contributed by atoms with Crippen molar-refractivity contribution in [3.8, 4) is 17.2 Å². The number of carbonyl (C=O) groups is 2. The van der Waals surface area contributed by atoms with Gasteiger partial charge in [-0.25, -0.2) is 0 Å². The number of fused-ring (bicyclic) bond motifs is 1. The second kappa shape index (κ2) is 10.7. The molecule has 2 amide bonds. The molecule has 0 radical (unpaired) electrons. The summed E-state index contributed by atoms with van der Waals surface area (Å²) in [6, 6.07) is 20.2. The highest BCUT2D eigenvalue weighted by Gasteiger charge is 2.26. The van der Waals surface area contributed by atoms with Crippen LogP contribution in [0, 0.1) is 5.92 Å². The van der Waals surface area contributed by atoms with E-state index in [-0.39, 0.29) is 24.5 Å². The third-order valence-corrected chi connectivity index (χ3v) is 6.59. The Labute approximate surface area is 210 Å². The number of ether oxygens (including phenoxy) is 3. The maximum atomic E-state index is 13.1. The molecule has 0 unspecified atom stereocenters. The molecule has 1 saturated heterocycles. The summed E-state index contributed by atoms with van der Waals surface area (Å²) < 4.78 is 16.0. The minimum Gasteiger partial charge on any atom is -0.497 e. The number of hydrogen-bond donors (Lipinski definition) is 2. The van der Waals surface area contributed by atoms with E-state index in [0.717, 1.165) is 44.0 Å². The SMILES string of the molecule is COc1ccc(C(=O)Nc2ccccc2NC(=O)C2CCN(Cc3ccc4c(c3)OCO4)CC2)cc1. The third-order valence-electron chi connectivity index (χ3n) is 6.59. The van der Waals surface area contributed by atoms with Crippen molar-refractivity contribution in [1.29, 1.82) is 0 Å². The summed E-state index contributed by atoms with van der Waals surface area (Å²) >= 11 is 0. The monoisotopic (exact) mass is 487 g/mol. The van der Waals surface area contributed by atoms with Crippen LogP contribution in [0.4, 0.5) is 11.4 Å². The standard InChI is InChI=1S/C28H29N3O5/c1-34-22-9-7-20(8-10-22)27(32)29-23-4-2-3-5-24(23)30-28(33)21-12-14-31(15-13-21)17-19-6-11-25-26(16-19)36-18-35-25/h2-11,16,21H,12-15,17-18H2,1H3,(H,29,32)(H,30,33). The van der Waals surface area contributed by atoms with Crippen LogP contribution in [0.3, 0.4) is 0 Å². The summed E-state index contributed by atoms with van der Waals surface area (Å²) in [6.07, 6.45) is 1.55. The number of piperidine rings is 1. The van der Waals surface area contributed by atoms with Gasteiger partial charge in [0, 0.05) is 18.0 Å². The Balaban J connectivity index is 1.15. The van der Waals surface area contributed by atoms with Crippen molar-refractivity contribution >= 4 is 23.2 Å². The first-order valence-electron chi connectivity index (χ1n) is 12.1. The van der Waals surface area contributed by atoms with E-state index in [9.17, 15) is 9.59 Å². The Kier molecular flexibility index (Phi) is 7.04. The van der Waals surface area contributed by atoms with Gasteiger partial charge in [0.05, 0.1) is 18.5 Å². The maximum Gasteiger partial charge on any atom is 0.255 e. The molecule has 2 N–H and O–H groups in total. The van der Waals surface area contributed by atoms with Gasteiger partial charge in [-0.15, -0.1) is 0 Å². The quantitative estimate of drug-likeness (QED) is 0.509. The van der Waals surface area contributed by atoms with E-state index >= 15 is 0 Å². The lowest BCUT2D eigenvalue weighted by Gasteiger charge is -2.31.